The molecule has 0 aromatic rings. The van der Waals surface area contributed by atoms with Crippen molar-refractivity contribution in [2.45, 2.75) is 6.42 Å². The summed E-state index contributed by atoms with van der Waals surface area (Å²) in [4.78, 5) is 0. The molecule has 0 unspecified atom stereocenters. The predicted molar refractivity (Wildman–Crippen MR) is 36.9 cm³/mol. The molecule has 0 heterocycles. The molecule has 0 rings (SSSR count). The fourth-order valence-electron chi connectivity index (χ4n) is 0.0707. The minimum atomic E-state index is 0.0938. The fraction of sp³-hybridized carbons (Fsp3) is 1.00. The van der Waals surface area contributed by atoms with Crippen molar-refractivity contribution in [3.8, 4) is 0 Å². The van der Waals surface area contributed by atoms with Gasteiger partial charge in [0.05, 0.1) is 0 Å². The van der Waals surface area contributed by atoms with Crippen molar-refractivity contribution < 1.29 is 10.2 Å². The highest BCUT2D eigenvalue weighted by Gasteiger charge is 1.70. The number of nitrogens with two attached hydrogens (primary N) is 2. The van der Waals surface area contributed by atoms with E-state index in [-0.39, 0.29) is 13.2 Å². The smallest absolute Gasteiger partial charge is 0.0452 e. The number of hydrogen-bond acceptors (Lipinski definition) is 4. The molecule has 0 amide bonds. The van der Waals surface area contributed by atoms with Gasteiger partial charge in [-0.25, -0.2) is 0 Å². The van der Waals surface area contributed by atoms with Crippen LogP contribution in [-0.2, 0) is 0 Å². The highest BCUT2D eigenvalue weighted by atomic mass is 16.3. The number of hydrogen-bond donors (Lipinski definition) is 4. The Morgan fingerprint density at radius 3 is 1.22 bits per heavy atom. The summed E-state index contributed by atoms with van der Waals surface area (Å²) >= 11 is 0. The van der Waals surface area contributed by atoms with Crippen LogP contribution in [-0.4, -0.2) is 36.5 Å². The molecule has 0 saturated heterocycles. The van der Waals surface area contributed by atoms with E-state index in [9.17, 15) is 0 Å². The first-order valence-electron chi connectivity index (χ1n) is 2.95. The van der Waals surface area contributed by atoms with Crippen LogP contribution in [0.3, 0.4) is 0 Å². The first-order valence-corrected chi connectivity index (χ1v) is 2.95. The molecule has 0 bridgehead atoms. The number of rotatable bonds is 3. The summed E-state index contributed by atoms with van der Waals surface area (Å²) in [6.07, 6.45) is 0.500. The van der Waals surface area contributed by atoms with E-state index in [1.165, 1.54) is 0 Å². The van der Waals surface area contributed by atoms with Gasteiger partial charge in [-0.15, -0.1) is 0 Å². The largest absolute Gasteiger partial charge is 0.396 e. The number of aliphatic hydroxyl groups is 2. The summed E-state index contributed by atoms with van der Waals surface area (Å²) in [5.74, 6) is 0. The third-order valence-corrected chi connectivity index (χ3v) is 0.483. The second-order valence-corrected chi connectivity index (χ2v) is 1.38. The molecule has 0 aromatic carbocycles. The first-order chi connectivity index (χ1) is 4.33. The fourth-order valence-corrected chi connectivity index (χ4v) is 0.0707. The van der Waals surface area contributed by atoms with Gasteiger partial charge < -0.3 is 21.7 Å². The highest BCUT2D eigenvalue weighted by molar-refractivity contribution is 4.26. The lowest BCUT2D eigenvalue weighted by Gasteiger charge is -1.79. The molecule has 6 N–H and O–H groups in total. The minimum absolute atomic E-state index is 0.0938. The Labute approximate surface area is 55.5 Å². The maximum absolute atomic E-state index is 7.91. The molecule has 58 valence electrons. The Morgan fingerprint density at radius 2 is 1.22 bits per heavy atom. The molecule has 4 heteroatoms. The quantitative estimate of drug-likeness (QED) is 0.371. The lowest BCUT2D eigenvalue weighted by Crippen LogP contribution is -2.11. The van der Waals surface area contributed by atoms with Gasteiger partial charge in [-0.05, 0) is 6.42 Å². The van der Waals surface area contributed by atoms with Crippen LogP contribution in [0, 0.1) is 0 Å². The van der Waals surface area contributed by atoms with Crippen molar-refractivity contribution in [2.75, 3.05) is 26.3 Å². The van der Waals surface area contributed by atoms with Gasteiger partial charge in [-0.2, -0.15) is 0 Å². The zero-order valence-electron chi connectivity index (χ0n) is 5.58. The van der Waals surface area contributed by atoms with Crippen LogP contribution >= 0.6 is 0 Å². The van der Waals surface area contributed by atoms with E-state index in [4.69, 9.17) is 21.7 Å². The summed E-state index contributed by atoms with van der Waals surface area (Å²) in [5.41, 5.74) is 9.81. The Kier molecular flexibility index (Phi) is 20.2. The molecule has 0 atom stereocenters. The highest BCUT2D eigenvalue weighted by Crippen LogP contribution is 1.65. The third kappa shape index (κ3) is 33.2. The Balaban J connectivity index is 0. The summed E-state index contributed by atoms with van der Waals surface area (Å²) in [5, 5.41) is 15.8. The van der Waals surface area contributed by atoms with Crippen LogP contribution in [0.15, 0.2) is 0 Å². The Morgan fingerprint density at radius 1 is 0.889 bits per heavy atom. The van der Waals surface area contributed by atoms with E-state index in [0.29, 0.717) is 19.5 Å². The maximum Gasteiger partial charge on any atom is 0.0452 e. The normalized spacial score (nSPS) is 8.00. The van der Waals surface area contributed by atoms with Gasteiger partial charge in [0.2, 0.25) is 0 Å². The molecular weight excluding hydrogens is 120 g/mol. The number of aliphatic hydroxyl groups excluding tert-OH is 2. The molecule has 0 saturated carbocycles. The van der Waals surface area contributed by atoms with Gasteiger partial charge in [0.1, 0.15) is 0 Å². The molecule has 9 heavy (non-hydrogen) atoms. The summed E-state index contributed by atoms with van der Waals surface area (Å²) in [6.45, 7) is 1.38. The molecule has 0 aliphatic carbocycles. The molecule has 0 fully saturated rings. The van der Waals surface area contributed by atoms with E-state index >= 15 is 0 Å². The summed E-state index contributed by atoms with van der Waals surface area (Å²) < 4.78 is 0. The van der Waals surface area contributed by atoms with Crippen molar-refractivity contribution in [1.82, 2.24) is 0 Å². The van der Waals surface area contributed by atoms with E-state index < -0.39 is 0 Å². The summed E-state index contributed by atoms with van der Waals surface area (Å²) in [7, 11) is 0. The summed E-state index contributed by atoms with van der Waals surface area (Å²) in [6, 6.07) is 0. The van der Waals surface area contributed by atoms with Crippen LogP contribution < -0.4 is 11.5 Å². The standard InChI is InChI=1S/C3H8O2.C2H8N2/c4-2-1-3-5;3-1-2-4/h4-5H,1-3H2;1-4H2. The van der Waals surface area contributed by atoms with Crippen LogP contribution in [0.1, 0.15) is 6.42 Å². The van der Waals surface area contributed by atoms with Crippen LogP contribution in [0.4, 0.5) is 0 Å². The van der Waals surface area contributed by atoms with Gasteiger partial charge >= 0.3 is 0 Å². The third-order valence-electron chi connectivity index (χ3n) is 0.483. The van der Waals surface area contributed by atoms with Crippen LogP contribution in [0.5, 0.6) is 0 Å². The van der Waals surface area contributed by atoms with Gasteiger partial charge in [0, 0.05) is 26.3 Å². The van der Waals surface area contributed by atoms with E-state index in [2.05, 4.69) is 0 Å². The topological polar surface area (TPSA) is 92.5 Å². The maximum atomic E-state index is 7.91. The van der Waals surface area contributed by atoms with Crippen molar-refractivity contribution in [1.29, 1.82) is 0 Å². The molecular formula is C5H16N2O2. The first kappa shape index (κ1) is 11.6. The van der Waals surface area contributed by atoms with Crippen molar-refractivity contribution in [3.05, 3.63) is 0 Å². The molecule has 0 aliphatic rings. The van der Waals surface area contributed by atoms with Gasteiger partial charge in [0.15, 0.2) is 0 Å². The van der Waals surface area contributed by atoms with Crippen molar-refractivity contribution >= 4 is 0 Å². The van der Waals surface area contributed by atoms with Crippen molar-refractivity contribution in [2.24, 2.45) is 11.5 Å². The molecule has 0 aromatic heterocycles. The van der Waals surface area contributed by atoms with Gasteiger partial charge in [0.25, 0.3) is 0 Å². The molecule has 4 nitrogen and oxygen atoms in total. The lowest BCUT2D eigenvalue weighted by atomic mass is 10.5. The molecule has 0 aliphatic heterocycles. The average Bonchev–Trinajstić information content (AvgIpc) is 1.91. The zero-order chi connectivity index (χ0) is 7.54. The Hall–Kier alpha value is -0.160. The van der Waals surface area contributed by atoms with Gasteiger partial charge in [-0.1, -0.05) is 0 Å². The van der Waals surface area contributed by atoms with Crippen LogP contribution in [0.25, 0.3) is 0 Å². The Bertz CT molecular complexity index is 32.1. The van der Waals surface area contributed by atoms with Gasteiger partial charge in [-0.3, -0.25) is 0 Å². The SMILES string of the molecule is NCCN.OCCCO. The van der Waals surface area contributed by atoms with E-state index in [0.717, 1.165) is 0 Å². The molecule has 0 radical (unpaired) electrons. The lowest BCUT2D eigenvalue weighted by molar-refractivity contribution is 0.221. The van der Waals surface area contributed by atoms with E-state index in [1.807, 2.05) is 0 Å². The second kappa shape index (κ2) is 15.7. The molecule has 0 spiro atoms. The predicted octanol–water partition coefficient (Wildman–Crippen LogP) is -1.74. The van der Waals surface area contributed by atoms with Crippen LogP contribution in [0.2, 0.25) is 0 Å². The van der Waals surface area contributed by atoms with Crippen molar-refractivity contribution in [3.63, 3.8) is 0 Å². The monoisotopic (exact) mass is 136 g/mol. The zero-order valence-corrected chi connectivity index (χ0v) is 5.58. The average molecular weight is 136 g/mol. The van der Waals surface area contributed by atoms with E-state index in [1.54, 1.807) is 0 Å². The second-order valence-electron chi connectivity index (χ2n) is 1.38. The minimum Gasteiger partial charge on any atom is -0.396 e.